The van der Waals surface area contributed by atoms with Crippen LogP contribution in [0.4, 0.5) is 5.82 Å². The number of benzene rings is 2. The number of nitrogens with one attached hydrogen (secondary N) is 1. The summed E-state index contributed by atoms with van der Waals surface area (Å²) in [6.45, 7) is 2.81. The molecule has 4 rings (SSSR count). The lowest BCUT2D eigenvalue weighted by molar-refractivity contribution is -0.143. The van der Waals surface area contributed by atoms with Crippen LogP contribution in [0.3, 0.4) is 0 Å². The second kappa shape index (κ2) is 12.1. The Morgan fingerprint density at radius 3 is 2.51 bits per heavy atom. The van der Waals surface area contributed by atoms with E-state index in [9.17, 15) is 9.59 Å². The van der Waals surface area contributed by atoms with Gasteiger partial charge in [-0.1, -0.05) is 29.3 Å². The molecule has 0 aliphatic heterocycles. The maximum absolute atomic E-state index is 13.6. The number of anilines is 1. The molecule has 4 aromatic rings. The van der Waals surface area contributed by atoms with Gasteiger partial charge in [-0.15, -0.1) is 0 Å². The second-order valence-electron chi connectivity index (χ2n) is 8.20. The zero-order valence-electron chi connectivity index (χ0n) is 20.5. The minimum atomic E-state index is -0.304. The van der Waals surface area contributed by atoms with Crippen molar-refractivity contribution in [2.24, 2.45) is 0 Å². The van der Waals surface area contributed by atoms with E-state index in [2.05, 4.69) is 15.3 Å². The van der Waals surface area contributed by atoms with Gasteiger partial charge in [0, 0.05) is 25.1 Å². The van der Waals surface area contributed by atoms with Crippen LogP contribution in [0, 0.1) is 0 Å². The van der Waals surface area contributed by atoms with Crippen LogP contribution in [-0.4, -0.2) is 34.2 Å². The van der Waals surface area contributed by atoms with E-state index in [0.717, 1.165) is 5.56 Å². The first-order valence-corrected chi connectivity index (χ1v) is 12.5. The van der Waals surface area contributed by atoms with Gasteiger partial charge in [-0.3, -0.25) is 14.2 Å². The lowest BCUT2D eigenvalue weighted by Crippen LogP contribution is -2.25. The molecular formula is C27H26Cl2N4O4. The van der Waals surface area contributed by atoms with Crippen molar-refractivity contribution in [3.8, 4) is 17.0 Å². The van der Waals surface area contributed by atoms with Crippen molar-refractivity contribution in [1.29, 1.82) is 0 Å². The van der Waals surface area contributed by atoms with Crippen LogP contribution < -0.4 is 15.6 Å². The number of hydrogen-bond donors (Lipinski definition) is 1. The number of carbonyl (C=O) groups is 1. The van der Waals surface area contributed by atoms with E-state index >= 15 is 0 Å². The average Bonchev–Trinajstić information content (AvgIpc) is 2.90. The van der Waals surface area contributed by atoms with Gasteiger partial charge in [0.2, 0.25) is 0 Å². The first-order chi connectivity index (χ1) is 17.9. The molecule has 0 saturated heterocycles. The minimum absolute atomic E-state index is 0.192. The van der Waals surface area contributed by atoms with Gasteiger partial charge in [0.25, 0.3) is 5.56 Å². The smallest absolute Gasteiger partial charge is 0.305 e. The summed E-state index contributed by atoms with van der Waals surface area (Å²) in [5, 5.41) is 4.21. The van der Waals surface area contributed by atoms with E-state index in [-0.39, 0.29) is 24.5 Å². The standard InChI is InChI=1S/C27H26Cl2N4O4/c1-3-37-24(34)5-4-14-33-26-22(31-25(27(33)35)18-7-9-19(36-2)10-8-18)12-13-23(32-26)30-16-17-6-11-20(28)21(29)15-17/h6-13,15H,3-5,14,16H2,1-2H3,(H,30,32). The first-order valence-electron chi connectivity index (χ1n) is 11.8. The van der Waals surface area contributed by atoms with Crippen LogP contribution in [0.5, 0.6) is 5.75 Å². The molecule has 0 spiro atoms. The third-order valence-corrected chi connectivity index (χ3v) is 6.42. The van der Waals surface area contributed by atoms with Crippen molar-refractivity contribution in [1.82, 2.24) is 14.5 Å². The van der Waals surface area contributed by atoms with E-state index < -0.39 is 0 Å². The monoisotopic (exact) mass is 540 g/mol. The topological polar surface area (TPSA) is 95.3 Å². The van der Waals surface area contributed by atoms with Gasteiger partial charge >= 0.3 is 5.97 Å². The molecule has 1 N–H and O–H groups in total. The van der Waals surface area contributed by atoms with Crippen LogP contribution in [-0.2, 0) is 22.6 Å². The molecule has 0 amide bonds. The average molecular weight is 541 g/mol. The Kier molecular flexibility index (Phi) is 8.63. The molecule has 192 valence electrons. The molecule has 0 unspecified atom stereocenters. The summed E-state index contributed by atoms with van der Waals surface area (Å²) < 4.78 is 11.8. The van der Waals surface area contributed by atoms with Crippen molar-refractivity contribution in [3.05, 3.63) is 80.6 Å². The van der Waals surface area contributed by atoms with Gasteiger partial charge in [0.05, 0.1) is 23.8 Å². The molecule has 37 heavy (non-hydrogen) atoms. The van der Waals surface area contributed by atoms with Crippen LogP contribution in [0.2, 0.25) is 10.0 Å². The molecule has 0 aliphatic carbocycles. The van der Waals surface area contributed by atoms with Gasteiger partial charge in [0.1, 0.15) is 22.8 Å². The summed E-state index contributed by atoms with van der Waals surface area (Å²) in [4.78, 5) is 34.7. The van der Waals surface area contributed by atoms with E-state index in [4.69, 9.17) is 32.7 Å². The summed E-state index contributed by atoms with van der Waals surface area (Å²) in [5.41, 5.74) is 2.57. The molecular weight excluding hydrogens is 515 g/mol. The Bertz CT molecular complexity index is 1470. The SMILES string of the molecule is CCOC(=O)CCCn1c(=O)c(-c2ccc(OC)cc2)nc2ccc(NCc3ccc(Cl)c(Cl)c3)nc21. The molecule has 2 aromatic heterocycles. The fraction of sp³-hybridized carbons (Fsp3) is 0.259. The molecule has 2 aromatic carbocycles. The van der Waals surface area contributed by atoms with Crippen molar-refractivity contribution >= 4 is 46.2 Å². The van der Waals surface area contributed by atoms with Crippen molar-refractivity contribution in [3.63, 3.8) is 0 Å². The number of aromatic nitrogens is 3. The zero-order chi connectivity index (χ0) is 26.4. The highest BCUT2D eigenvalue weighted by molar-refractivity contribution is 6.42. The molecule has 0 fully saturated rings. The van der Waals surface area contributed by atoms with Crippen LogP contribution in [0.15, 0.2) is 59.4 Å². The number of esters is 1. The predicted octanol–water partition coefficient (Wildman–Crippen LogP) is 5.73. The summed E-state index contributed by atoms with van der Waals surface area (Å²) in [6, 6.07) is 16.1. The number of hydrogen-bond acceptors (Lipinski definition) is 7. The summed E-state index contributed by atoms with van der Waals surface area (Å²) in [7, 11) is 1.58. The second-order valence-corrected chi connectivity index (χ2v) is 9.01. The summed E-state index contributed by atoms with van der Waals surface area (Å²) >= 11 is 12.1. The van der Waals surface area contributed by atoms with E-state index in [1.54, 1.807) is 61.1 Å². The molecule has 2 heterocycles. The normalized spacial score (nSPS) is 10.9. The van der Waals surface area contributed by atoms with E-state index in [1.807, 2.05) is 12.1 Å². The molecule has 0 aliphatic rings. The number of carbonyl (C=O) groups excluding carboxylic acids is 1. The maximum atomic E-state index is 13.6. The Hall–Kier alpha value is -3.62. The minimum Gasteiger partial charge on any atom is -0.497 e. The molecule has 0 bridgehead atoms. The number of methoxy groups -OCH3 is 1. The highest BCUT2D eigenvalue weighted by Gasteiger charge is 2.15. The lowest BCUT2D eigenvalue weighted by Gasteiger charge is -2.14. The van der Waals surface area contributed by atoms with Crippen LogP contribution in [0.25, 0.3) is 22.4 Å². The third kappa shape index (κ3) is 6.39. The van der Waals surface area contributed by atoms with Gasteiger partial charge < -0.3 is 14.8 Å². The van der Waals surface area contributed by atoms with Gasteiger partial charge in [0.15, 0.2) is 5.65 Å². The Balaban J connectivity index is 1.68. The molecule has 0 saturated carbocycles. The van der Waals surface area contributed by atoms with E-state index in [0.29, 0.717) is 63.6 Å². The van der Waals surface area contributed by atoms with Crippen molar-refractivity contribution in [2.45, 2.75) is 32.9 Å². The maximum Gasteiger partial charge on any atom is 0.305 e. The number of ether oxygens (including phenoxy) is 2. The number of pyridine rings is 1. The first kappa shape index (κ1) is 26.4. The largest absolute Gasteiger partial charge is 0.497 e. The fourth-order valence-electron chi connectivity index (χ4n) is 3.82. The van der Waals surface area contributed by atoms with Gasteiger partial charge in [-0.2, -0.15) is 0 Å². The highest BCUT2D eigenvalue weighted by Crippen LogP contribution is 2.24. The highest BCUT2D eigenvalue weighted by atomic mass is 35.5. The van der Waals surface area contributed by atoms with Crippen molar-refractivity contribution in [2.75, 3.05) is 19.0 Å². The predicted molar refractivity (Wildman–Crippen MR) is 145 cm³/mol. The molecule has 8 nitrogen and oxygen atoms in total. The van der Waals surface area contributed by atoms with Crippen molar-refractivity contribution < 1.29 is 14.3 Å². The number of aryl methyl sites for hydroxylation is 1. The number of fused-ring (bicyclic) bond motifs is 1. The lowest BCUT2D eigenvalue weighted by atomic mass is 10.1. The zero-order valence-corrected chi connectivity index (χ0v) is 22.0. The molecule has 0 radical (unpaired) electrons. The van der Waals surface area contributed by atoms with Gasteiger partial charge in [-0.25, -0.2) is 9.97 Å². The summed E-state index contributed by atoms with van der Waals surface area (Å²) in [5.74, 6) is 0.941. The third-order valence-electron chi connectivity index (χ3n) is 5.68. The van der Waals surface area contributed by atoms with Gasteiger partial charge in [-0.05, 0) is 67.4 Å². The number of halogens is 2. The van der Waals surface area contributed by atoms with Crippen LogP contribution >= 0.6 is 23.2 Å². The van der Waals surface area contributed by atoms with Crippen LogP contribution in [0.1, 0.15) is 25.3 Å². The van der Waals surface area contributed by atoms with E-state index in [1.165, 1.54) is 0 Å². The molecule has 0 atom stereocenters. The quantitative estimate of drug-likeness (QED) is 0.256. The Morgan fingerprint density at radius 1 is 1.03 bits per heavy atom. The Labute approximate surface area is 224 Å². The summed E-state index contributed by atoms with van der Waals surface area (Å²) in [6.07, 6.45) is 0.611. The molecule has 10 heteroatoms. The number of nitrogens with zero attached hydrogens (tertiary/aromatic N) is 3. The Morgan fingerprint density at radius 2 is 1.81 bits per heavy atom. The fourth-order valence-corrected chi connectivity index (χ4v) is 4.14. The number of rotatable bonds is 10.